The van der Waals surface area contributed by atoms with Crippen molar-refractivity contribution in [3.63, 3.8) is 0 Å². The Morgan fingerprint density at radius 1 is 1.06 bits per heavy atom. The lowest BCUT2D eigenvalue weighted by molar-refractivity contribution is 0.352. The van der Waals surface area contributed by atoms with Crippen LogP contribution in [0, 0.1) is 5.41 Å². The number of hydrogen-bond acceptors (Lipinski definition) is 5. The molecule has 1 saturated heterocycles. The molecule has 3 heterocycles. The molecule has 0 bridgehead atoms. The molecule has 0 atom stereocenters. The van der Waals surface area contributed by atoms with Crippen LogP contribution in [-0.2, 0) is 0 Å². The molecule has 0 saturated carbocycles. The summed E-state index contributed by atoms with van der Waals surface area (Å²) in [5, 5.41) is 12.7. The Morgan fingerprint density at radius 3 is 2.65 bits per heavy atom. The summed E-state index contributed by atoms with van der Waals surface area (Å²) in [7, 11) is 0. The van der Waals surface area contributed by atoms with Gasteiger partial charge in [0.2, 0.25) is 0 Å². The van der Waals surface area contributed by atoms with Crippen molar-refractivity contribution in [3.05, 3.63) is 80.7 Å². The molecule has 174 valence electrons. The zero-order valence-electron chi connectivity index (χ0n) is 18.5. The Balaban J connectivity index is 1.43. The topological polar surface area (TPSA) is 74.3 Å². The number of halogens is 2. The van der Waals surface area contributed by atoms with E-state index in [9.17, 15) is 4.79 Å². The molecule has 6 nitrogen and oxygen atoms in total. The summed E-state index contributed by atoms with van der Waals surface area (Å²) < 4.78 is 7.47. The lowest BCUT2D eigenvalue weighted by atomic mass is 10.1. The van der Waals surface area contributed by atoms with Crippen molar-refractivity contribution < 1.29 is 4.42 Å². The number of furan rings is 1. The lowest BCUT2D eigenvalue weighted by Crippen LogP contribution is -2.26. The smallest absolute Gasteiger partial charge is 0.266 e. The average Bonchev–Trinajstić information content (AvgIpc) is 3.50. The van der Waals surface area contributed by atoms with Crippen molar-refractivity contribution in [2.45, 2.75) is 12.8 Å². The van der Waals surface area contributed by atoms with E-state index < -0.39 is 0 Å². The van der Waals surface area contributed by atoms with Gasteiger partial charge in [-0.3, -0.25) is 9.36 Å². The van der Waals surface area contributed by atoms with Crippen LogP contribution in [-0.4, -0.2) is 41.9 Å². The third kappa shape index (κ3) is 4.49. The fraction of sp³-hybridized carbons (Fsp3) is 0.231. The van der Waals surface area contributed by atoms with Crippen molar-refractivity contribution in [2.24, 2.45) is 0 Å². The van der Waals surface area contributed by atoms with Gasteiger partial charge in [-0.25, -0.2) is 0 Å². The molecule has 0 spiro atoms. The number of fused-ring (bicyclic) bond motifs is 1. The highest BCUT2D eigenvalue weighted by atomic mass is 35.5. The van der Waals surface area contributed by atoms with Gasteiger partial charge < -0.3 is 20.0 Å². The van der Waals surface area contributed by atoms with Crippen LogP contribution in [0.4, 0.5) is 5.69 Å². The zero-order valence-corrected chi connectivity index (χ0v) is 20.0. The Labute approximate surface area is 207 Å². The van der Waals surface area contributed by atoms with E-state index in [0.29, 0.717) is 38.0 Å². The third-order valence-corrected chi connectivity index (χ3v) is 6.74. The highest BCUT2D eigenvalue weighted by Crippen LogP contribution is 2.33. The quantitative estimate of drug-likeness (QED) is 0.306. The maximum atomic E-state index is 13.3. The van der Waals surface area contributed by atoms with Gasteiger partial charge in [-0.15, -0.1) is 0 Å². The molecule has 8 heteroatoms. The third-order valence-electron chi connectivity index (χ3n) is 6.19. The van der Waals surface area contributed by atoms with E-state index in [4.69, 9.17) is 33.0 Å². The summed E-state index contributed by atoms with van der Waals surface area (Å²) in [5.41, 5.74) is 3.24. The molecule has 0 aliphatic carbocycles. The van der Waals surface area contributed by atoms with Crippen LogP contribution in [0.2, 0.25) is 10.0 Å². The maximum absolute atomic E-state index is 13.3. The van der Waals surface area contributed by atoms with E-state index in [0.717, 1.165) is 37.4 Å². The molecule has 5 rings (SSSR count). The Kier molecular flexibility index (Phi) is 6.46. The fourth-order valence-corrected chi connectivity index (χ4v) is 4.90. The van der Waals surface area contributed by atoms with Crippen molar-refractivity contribution in [2.75, 3.05) is 31.5 Å². The normalized spacial score (nSPS) is 14.1. The van der Waals surface area contributed by atoms with Crippen LogP contribution in [0.3, 0.4) is 0 Å². The molecule has 4 aromatic rings. The molecular formula is C26H24Cl2N4O2. The van der Waals surface area contributed by atoms with Crippen molar-refractivity contribution in [1.82, 2.24) is 9.47 Å². The number of rotatable bonds is 7. The minimum atomic E-state index is -0.205. The summed E-state index contributed by atoms with van der Waals surface area (Å²) in [6.45, 7) is 4.11. The van der Waals surface area contributed by atoms with Crippen LogP contribution >= 0.6 is 23.2 Å². The molecule has 1 fully saturated rings. The summed E-state index contributed by atoms with van der Waals surface area (Å²) in [6.07, 6.45) is 5.53. The first kappa shape index (κ1) is 22.7. The summed E-state index contributed by atoms with van der Waals surface area (Å²) in [6, 6.07) is 14.3. The predicted octanol–water partition coefficient (Wildman–Crippen LogP) is 6.06. The first-order valence-electron chi connectivity index (χ1n) is 11.3. The number of benzene rings is 2. The molecule has 1 aliphatic rings. The largest absolute Gasteiger partial charge is 0.456 e. The minimum absolute atomic E-state index is 0.205. The second-order valence-corrected chi connectivity index (χ2v) is 9.24. The van der Waals surface area contributed by atoms with Gasteiger partial charge >= 0.3 is 0 Å². The minimum Gasteiger partial charge on any atom is -0.456 e. The van der Waals surface area contributed by atoms with Gasteiger partial charge in [0.1, 0.15) is 11.3 Å². The molecule has 34 heavy (non-hydrogen) atoms. The highest BCUT2D eigenvalue weighted by Gasteiger charge is 2.15. The molecule has 2 aromatic carbocycles. The van der Waals surface area contributed by atoms with E-state index >= 15 is 0 Å². The van der Waals surface area contributed by atoms with Gasteiger partial charge in [-0.2, -0.15) is 0 Å². The number of nitrogens with one attached hydrogen (secondary N) is 2. The highest BCUT2D eigenvalue weighted by molar-refractivity contribution is 6.36. The van der Waals surface area contributed by atoms with Crippen LogP contribution in [0.5, 0.6) is 0 Å². The van der Waals surface area contributed by atoms with Crippen LogP contribution in [0.15, 0.2) is 63.9 Å². The first-order valence-corrected chi connectivity index (χ1v) is 12.0. The van der Waals surface area contributed by atoms with Crippen molar-refractivity contribution >= 4 is 46.1 Å². The van der Waals surface area contributed by atoms with Gasteiger partial charge in [0.05, 0.1) is 10.4 Å². The molecular weight excluding hydrogens is 471 g/mol. The van der Waals surface area contributed by atoms with Crippen LogP contribution in [0.1, 0.15) is 18.4 Å². The van der Waals surface area contributed by atoms with Crippen molar-refractivity contribution in [1.29, 1.82) is 5.41 Å². The number of aromatic nitrogens is 1. The van der Waals surface area contributed by atoms with E-state index in [2.05, 4.69) is 10.2 Å². The zero-order chi connectivity index (χ0) is 23.7. The van der Waals surface area contributed by atoms with Gasteiger partial charge in [-0.1, -0.05) is 23.2 Å². The standard InChI is InChI=1S/C26H24Cl2N4O2/c27-18-3-5-20(22(28)14-18)25-15-21-24(34-25)7-11-32(26(21)33)19-4-6-23(17(13-19)16-29)30-8-12-31-9-1-2-10-31/h3-7,11,13-16,29-30H,1-2,8-10,12H2. The second kappa shape index (κ2) is 9.66. The Bertz CT molecular complexity index is 1420. The summed E-state index contributed by atoms with van der Waals surface area (Å²) in [4.78, 5) is 15.7. The number of nitrogens with zero attached hydrogens (tertiary/aromatic N) is 2. The van der Waals surface area contributed by atoms with Gasteiger partial charge in [0.25, 0.3) is 5.56 Å². The maximum Gasteiger partial charge on any atom is 0.266 e. The number of pyridine rings is 1. The fourth-order valence-electron chi connectivity index (χ4n) is 4.40. The molecule has 2 N–H and O–H groups in total. The van der Waals surface area contributed by atoms with Crippen molar-refractivity contribution in [3.8, 4) is 17.0 Å². The molecule has 0 radical (unpaired) electrons. The Morgan fingerprint density at radius 2 is 1.88 bits per heavy atom. The van der Waals surface area contributed by atoms with Gasteiger partial charge in [0.15, 0.2) is 0 Å². The van der Waals surface area contributed by atoms with E-state index in [1.807, 2.05) is 18.2 Å². The lowest BCUT2D eigenvalue weighted by Gasteiger charge is -2.17. The number of anilines is 1. The first-order chi connectivity index (χ1) is 16.5. The number of likely N-dealkylation sites (tertiary alicyclic amines) is 1. The molecule has 2 aromatic heterocycles. The average molecular weight is 495 g/mol. The summed E-state index contributed by atoms with van der Waals surface area (Å²) in [5.74, 6) is 0.504. The second-order valence-electron chi connectivity index (χ2n) is 8.40. The van der Waals surface area contributed by atoms with Gasteiger partial charge in [-0.05, 0) is 74.5 Å². The van der Waals surface area contributed by atoms with Crippen LogP contribution in [0.25, 0.3) is 28.0 Å². The predicted molar refractivity (Wildman–Crippen MR) is 139 cm³/mol. The van der Waals surface area contributed by atoms with E-state index in [1.54, 1.807) is 41.1 Å². The van der Waals surface area contributed by atoms with Crippen LogP contribution < -0.4 is 10.9 Å². The SMILES string of the molecule is N=Cc1cc(-n2ccc3oc(-c4ccc(Cl)cc4Cl)cc3c2=O)ccc1NCCN1CCCC1. The Hall–Kier alpha value is -3.06. The molecule has 1 aliphatic heterocycles. The van der Waals surface area contributed by atoms with E-state index in [-0.39, 0.29) is 5.56 Å². The van der Waals surface area contributed by atoms with E-state index in [1.165, 1.54) is 19.1 Å². The monoisotopic (exact) mass is 494 g/mol. The summed E-state index contributed by atoms with van der Waals surface area (Å²) >= 11 is 12.3. The van der Waals surface area contributed by atoms with Gasteiger partial charge in [0, 0.05) is 53.0 Å². The molecule has 0 amide bonds. The molecule has 0 unspecified atom stereocenters. The number of hydrogen-bond donors (Lipinski definition) is 2.